The maximum atomic E-state index is 11.1. The van der Waals surface area contributed by atoms with Crippen molar-refractivity contribution in [3.63, 3.8) is 0 Å². The van der Waals surface area contributed by atoms with Crippen LogP contribution in [0.25, 0.3) is 0 Å². The topological polar surface area (TPSA) is 215 Å². The third kappa shape index (κ3) is 23.9. The monoisotopic (exact) mass is 461 g/mol. The number of ether oxygens (including phenoxy) is 1. The van der Waals surface area contributed by atoms with E-state index in [0.717, 1.165) is 0 Å². The number of halogens is 2. The van der Waals surface area contributed by atoms with Crippen LogP contribution in [0.15, 0.2) is 23.3 Å². The molecule has 0 aliphatic carbocycles. The van der Waals surface area contributed by atoms with Gasteiger partial charge < -0.3 is 40.9 Å². The van der Waals surface area contributed by atoms with Crippen LogP contribution in [0.5, 0.6) is 5.75 Å². The molecule has 0 unspecified atom stereocenters. The fourth-order valence-corrected chi connectivity index (χ4v) is 1.37. The number of nitrogens with zero attached hydrogens (tertiary/aromatic N) is 3. The number of rotatable bonds is 4. The van der Waals surface area contributed by atoms with Crippen molar-refractivity contribution in [3.05, 3.63) is 58.9 Å². The molecule has 0 atom stereocenters. The summed E-state index contributed by atoms with van der Waals surface area (Å²) < 4.78 is 5.17. The average molecular weight is 462 g/mol. The van der Waals surface area contributed by atoms with Crippen molar-refractivity contribution < 1.29 is 42.0 Å². The molecule has 0 aromatic heterocycles. The molecule has 0 saturated heterocycles. The predicted octanol–water partition coefficient (Wildman–Crippen LogP) is 1.19. The Morgan fingerprint density at radius 3 is 2.08 bits per heavy atom. The second-order valence-electron chi connectivity index (χ2n) is 3.23. The third-order valence-electron chi connectivity index (χ3n) is 1.57. The largest absolute Gasteiger partial charge is 2.00 e. The summed E-state index contributed by atoms with van der Waals surface area (Å²) in [4.78, 5) is 27.6. The first-order valence-electron chi connectivity index (χ1n) is 5.57. The van der Waals surface area contributed by atoms with Crippen LogP contribution in [0.4, 0.5) is 0 Å². The number of hydrogen-bond acceptors (Lipinski definition) is 9. The minimum atomic E-state index is -1.75. The van der Waals surface area contributed by atoms with Gasteiger partial charge in [0.05, 0.1) is 15.2 Å². The molecule has 0 fully saturated rings. The summed E-state index contributed by atoms with van der Waals surface area (Å²) in [7, 11) is 0. The summed E-state index contributed by atoms with van der Waals surface area (Å²) in [6.07, 6.45) is 1.47. The van der Waals surface area contributed by atoms with Crippen molar-refractivity contribution in [1.29, 1.82) is 0 Å². The fraction of sp³-hybridized carbons (Fsp3) is 0.200. The predicted molar refractivity (Wildman–Crippen MR) is 88.6 cm³/mol. The molecule has 13 nitrogen and oxygen atoms in total. The smallest absolute Gasteiger partial charge is 0.482 e. The average Bonchev–Trinajstić information content (AvgIpc) is 2.43. The van der Waals surface area contributed by atoms with Gasteiger partial charge in [-0.1, -0.05) is 23.2 Å². The Kier molecular flexibility index (Phi) is 22.9. The van der Waals surface area contributed by atoms with E-state index in [1.54, 1.807) is 25.1 Å². The van der Waals surface area contributed by atoms with E-state index in [0.29, 0.717) is 15.8 Å². The Balaban J connectivity index is -0.000000206. The molecular weight excluding hydrogens is 450 g/mol. The van der Waals surface area contributed by atoms with Crippen molar-refractivity contribution in [2.24, 2.45) is 5.10 Å². The molecule has 0 spiro atoms. The summed E-state index contributed by atoms with van der Waals surface area (Å²) in [6.45, 7) is 1.54. The molecule has 149 valence electrons. The van der Waals surface area contributed by atoms with Gasteiger partial charge in [0, 0.05) is 11.2 Å². The summed E-state index contributed by atoms with van der Waals surface area (Å²) >= 11 is 11.6. The van der Waals surface area contributed by atoms with Crippen LogP contribution in [0, 0.1) is 30.6 Å². The van der Waals surface area contributed by atoms with E-state index in [-0.39, 0.29) is 34.8 Å². The van der Waals surface area contributed by atoms with E-state index in [1.165, 1.54) is 6.21 Å². The number of hydrazone groups is 1. The van der Waals surface area contributed by atoms with E-state index in [9.17, 15) is 4.79 Å². The van der Waals surface area contributed by atoms with Crippen molar-refractivity contribution in [3.8, 4) is 5.75 Å². The van der Waals surface area contributed by atoms with Crippen molar-refractivity contribution in [2.45, 2.75) is 6.92 Å². The summed E-state index contributed by atoms with van der Waals surface area (Å²) in [5.41, 5.74) is 2.27. The van der Waals surface area contributed by atoms with Gasteiger partial charge in [-0.05, 0) is 25.1 Å². The molecule has 1 radical (unpaired) electrons. The molecule has 16 heteroatoms. The van der Waals surface area contributed by atoms with E-state index >= 15 is 0 Å². The minimum Gasteiger partial charge on any atom is -0.482 e. The zero-order valence-corrected chi connectivity index (χ0v) is 15.3. The Morgan fingerprint density at radius 1 is 1.23 bits per heavy atom. The fourth-order valence-electron chi connectivity index (χ4n) is 0.904. The molecule has 3 N–H and O–H groups in total. The number of hydrogen-bond donors (Lipinski definition) is 1. The Morgan fingerprint density at radius 2 is 1.69 bits per heavy atom. The van der Waals surface area contributed by atoms with Crippen LogP contribution in [0.2, 0.25) is 10.0 Å². The van der Waals surface area contributed by atoms with Gasteiger partial charge in [0.25, 0.3) is 5.91 Å². The number of carbonyl (C=O) groups is 1. The SMILES string of the molecule is C/C=N/NC(=O)COc1ccc(Cl)cc1Cl.O.O=[N+]([O-])[O-].O=[N+]([O-])[O-].[Co+2]. The zero-order chi connectivity index (χ0) is 19.1. The van der Waals surface area contributed by atoms with Gasteiger partial charge in [0.1, 0.15) is 5.75 Å². The first-order chi connectivity index (χ1) is 11.1. The number of nitrogens with one attached hydrogen (secondary N) is 1. The van der Waals surface area contributed by atoms with Gasteiger partial charge in [-0.15, -0.1) is 0 Å². The Labute approximate surface area is 166 Å². The molecule has 1 aromatic rings. The van der Waals surface area contributed by atoms with Gasteiger partial charge in [-0.25, -0.2) is 5.43 Å². The van der Waals surface area contributed by atoms with Gasteiger partial charge in [-0.3, -0.25) is 4.79 Å². The first kappa shape index (κ1) is 31.4. The number of amides is 1. The molecule has 1 aromatic carbocycles. The van der Waals surface area contributed by atoms with Crippen LogP contribution >= 0.6 is 23.2 Å². The molecule has 0 bridgehead atoms. The van der Waals surface area contributed by atoms with E-state index < -0.39 is 10.2 Å². The normalized spacial score (nSPS) is 8.27. The van der Waals surface area contributed by atoms with Crippen LogP contribution in [-0.2, 0) is 21.6 Å². The Hall–Kier alpha value is -2.39. The zero-order valence-electron chi connectivity index (χ0n) is 12.7. The molecular formula is C10H12Cl2CoN4O9. The van der Waals surface area contributed by atoms with E-state index in [4.69, 9.17) is 58.6 Å². The molecule has 26 heavy (non-hydrogen) atoms. The first-order valence-corrected chi connectivity index (χ1v) is 6.33. The maximum Gasteiger partial charge on any atom is 2.00 e. The van der Waals surface area contributed by atoms with Gasteiger partial charge in [0.15, 0.2) is 6.61 Å². The van der Waals surface area contributed by atoms with Crippen molar-refractivity contribution in [1.82, 2.24) is 5.43 Å². The Bertz CT molecular complexity index is 572. The minimum absolute atomic E-state index is 0. The number of benzene rings is 1. The molecule has 0 heterocycles. The summed E-state index contributed by atoms with van der Waals surface area (Å²) in [6, 6.07) is 4.77. The third-order valence-corrected chi connectivity index (χ3v) is 2.10. The van der Waals surface area contributed by atoms with Crippen LogP contribution in [-0.4, -0.2) is 34.4 Å². The van der Waals surface area contributed by atoms with Crippen LogP contribution in [0.3, 0.4) is 0 Å². The molecule has 1 rings (SSSR count). The standard InChI is InChI=1S/C10H10Cl2N2O2.Co.2NO3.H2O/c1-2-13-14-10(15)6-16-9-4-3-7(11)5-8(9)12;;2*2-1(3)4;/h2-5H,6H2,1H3,(H,14,15);;;;1H2/q;+2;2*-1;/b13-2+;;;;. The molecule has 0 saturated carbocycles. The van der Waals surface area contributed by atoms with E-state index in [2.05, 4.69) is 10.5 Å². The quantitative estimate of drug-likeness (QED) is 0.389. The second-order valence-corrected chi connectivity index (χ2v) is 4.08. The number of carbonyl (C=O) groups excluding carboxylic acids is 1. The maximum absolute atomic E-state index is 11.1. The van der Waals surface area contributed by atoms with Crippen LogP contribution < -0.4 is 10.2 Å². The molecule has 0 aliphatic rings. The molecule has 1 amide bonds. The van der Waals surface area contributed by atoms with Crippen molar-refractivity contribution in [2.75, 3.05) is 6.61 Å². The van der Waals surface area contributed by atoms with Gasteiger partial charge in [0.2, 0.25) is 0 Å². The molecule has 0 aliphatic heterocycles. The summed E-state index contributed by atoms with van der Waals surface area (Å²) in [5, 5.41) is 33.9. The summed E-state index contributed by atoms with van der Waals surface area (Å²) in [5.74, 6) is 0.0470. The second kappa shape index (κ2) is 18.9. The van der Waals surface area contributed by atoms with Crippen LogP contribution in [0.1, 0.15) is 6.92 Å². The van der Waals surface area contributed by atoms with Gasteiger partial charge in [-0.2, -0.15) is 5.10 Å². The van der Waals surface area contributed by atoms with E-state index in [1.807, 2.05) is 0 Å². The van der Waals surface area contributed by atoms with Gasteiger partial charge >= 0.3 is 16.8 Å². The van der Waals surface area contributed by atoms with Crippen molar-refractivity contribution >= 4 is 35.3 Å².